The van der Waals surface area contributed by atoms with Crippen molar-refractivity contribution in [1.82, 2.24) is 19.5 Å². The number of imidazole rings is 1. The van der Waals surface area contributed by atoms with E-state index in [0.717, 1.165) is 0 Å². The Kier molecular flexibility index (Phi) is 4.28. The molecule has 3 rings (SSSR count). The van der Waals surface area contributed by atoms with Gasteiger partial charge >= 0.3 is 7.82 Å². The molecule has 130 valence electrons. The fourth-order valence-electron chi connectivity index (χ4n) is 2.64. The predicted octanol–water partition coefficient (Wildman–Crippen LogP) is -0.711. The van der Waals surface area contributed by atoms with Gasteiger partial charge in [-0.3, -0.25) is 14.3 Å². The van der Waals surface area contributed by atoms with Gasteiger partial charge in [0.05, 0.1) is 25.1 Å². The molecule has 24 heavy (non-hydrogen) atoms. The first-order chi connectivity index (χ1) is 11.2. The average molecular weight is 357 g/mol. The molecule has 0 spiro atoms. The Bertz CT molecular complexity index is 886. The van der Waals surface area contributed by atoms with E-state index in [4.69, 9.17) is 15.5 Å². The van der Waals surface area contributed by atoms with Gasteiger partial charge in [0.1, 0.15) is 0 Å². The van der Waals surface area contributed by atoms with Crippen molar-refractivity contribution < 1.29 is 24.0 Å². The van der Waals surface area contributed by atoms with Crippen LogP contribution in [0.15, 0.2) is 23.3 Å². The quantitative estimate of drug-likeness (QED) is 0.349. The molecule has 1 aliphatic carbocycles. The second kappa shape index (κ2) is 6.11. The summed E-state index contributed by atoms with van der Waals surface area (Å²) in [5.41, 5.74) is 5.52. The van der Waals surface area contributed by atoms with E-state index >= 15 is 0 Å². The summed E-state index contributed by atoms with van der Waals surface area (Å²) in [7, 11) is -4.59. The minimum Gasteiger partial charge on any atom is -0.392 e. The van der Waals surface area contributed by atoms with Gasteiger partial charge in [-0.15, -0.1) is 0 Å². The number of aliphatic hydroxyl groups excluding tert-OH is 1. The number of rotatable bonds is 4. The van der Waals surface area contributed by atoms with E-state index in [9.17, 15) is 14.5 Å². The number of allylic oxidation sites excluding steroid dienone is 1. The maximum absolute atomic E-state index is 11.8. The first kappa shape index (κ1) is 16.8. The van der Waals surface area contributed by atoms with Crippen LogP contribution in [0.5, 0.6) is 0 Å². The lowest BCUT2D eigenvalue weighted by Crippen LogP contribution is -2.30. The molecule has 2 aromatic heterocycles. The number of aromatic nitrogens is 4. The Morgan fingerprint density at radius 1 is 1.46 bits per heavy atom. The van der Waals surface area contributed by atoms with E-state index in [1.165, 1.54) is 6.33 Å². The lowest BCUT2D eigenvalue weighted by molar-refractivity contribution is 0.0667. The molecule has 0 aliphatic heterocycles. The summed E-state index contributed by atoms with van der Waals surface area (Å²) in [6.45, 7) is -0.301. The zero-order chi connectivity index (χ0) is 17.5. The summed E-state index contributed by atoms with van der Waals surface area (Å²) in [4.78, 5) is 39.7. The minimum atomic E-state index is -4.59. The van der Waals surface area contributed by atoms with E-state index in [2.05, 4.69) is 19.5 Å². The van der Waals surface area contributed by atoms with Gasteiger partial charge in [-0.2, -0.15) is 4.98 Å². The van der Waals surface area contributed by atoms with Gasteiger partial charge in [-0.25, -0.2) is 9.55 Å². The van der Waals surface area contributed by atoms with E-state index in [-0.39, 0.29) is 30.5 Å². The Morgan fingerprint density at radius 3 is 2.88 bits per heavy atom. The van der Waals surface area contributed by atoms with Gasteiger partial charge in [-0.05, 0) is 6.42 Å². The molecule has 0 bridgehead atoms. The first-order valence-electron chi connectivity index (χ1n) is 7.03. The molecular weight excluding hydrogens is 341 g/mol. The van der Waals surface area contributed by atoms with E-state index < -0.39 is 25.4 Å². The van der Waals surface area contributed by atoms with Crippen molar-refractivity contribution in [1.29, 1.82) is 0 Å². The zero-order valence-electron chi connectivity index (χ0n) is 12.3. The van der Waals surface area contributed by atoms with Crippen LogP contribution in [0.25, 0.3) is 11.2 Å². The molecule has 0 saturated carbocycles. The lowest BCUT2D eigenvalue weighted by Gasteiger charge is -2.28. The third-order valence-corrected chi connectivity index (χ3v) is 4.29. The fraction of sp³-hybridized carbons (Fsp3) is 0.417. The molecular formula is C12H16N5O6P. The highest BCUT2D eigenvalue weighted by Crippen LogP contribution is 2.38. The van der Waals surface area contributed by atoms with Crippen molar-refractivity contribution in [3.8, 4) is 0 Å². The number of fused-ring (bicyclic) bond motifs is 1. The SMILES string of the molecule is Nc1nc2c(ncn2[C@@H]2C=C[C@H](COP(=O)(O)O)[C@@H](O)C2)c(=O)[nH]1. The van der Waals surface area contributed by atoms with Crippen molar-refractivity contribution in [2.75, 3.05) is 12.3 Å². The monoisotopic (exact) mass is 357 g/mol. The predicted molar refractivity (Wildman–Crippen MR) is 82.8 cm³/mol. The van der Waals surface area contributed by atoms with Crippen molar-refractivity contribution in [3.63, 3.8) is 0 Å². The lowest BCUT2D eigenvalue weighted by atomic mass is 9.90. The maximum Gasteiger partial charge on any atom is 0.469 e. The van der Waals surface area contributed by atoms with Gasteiger partial charge in [0.2, 0.25) is 5.95 Å². The van der Waals surface area contributed by atoms with Crippen LogP contribution in [0.4, 0.5) is 5.95 Å². The number of phosphoric ester groups is 1. The smallest absolute Gasteiger partial charge is 0.392 e. The molecule has 11 nitrogen and oxygen atoms in total. The molecule has 2 heterocycles. The molecule has 1 aliphatic rings. The van der Waals surface area contributed by atoms with Gasteiger partial charge in [0.15, 0.2) is 11.2 Å². The highest BCUT2D eigenvalue weighted by Gasteiger charge is 2.29. The van der Waals surface area contributed by atoms with Crippen LogP contribution >= 0.6 is 7.82 Å². The summed E-state index contributed by atoms with van der Waals surface area (Å²) in [5, 5.41) is 10.2. The van der Waals surface area contributed by atoms with Crippen LogP contribution < -0.4 is 11.3 Å². The number of nitrogens with two attached hydrogens (primary N) is 1. The normalized spacial score (nSPS) is 24.5. The summed E-state index contributed by atoms with van der Waals surface area (Å²) in [5.74, 6) is -0.590. The Hall–Kier alpha value is -2.04. The molecule has 2 aromatic rings. The molecule has 0 unspecified atom stereocenters. The van der Waals surface area contributed by atoms with Crippen molar-refractivity contribution in [3.05, 3.63) is 28.8 Å². The molecule has 3 atom stereocenters. The second-order valence-electron chi connectivity index (χ2n) is 5.48. The summed E-state index contributed by atoms with van der Waals surface area (Å²) in [6, 6.07) is -0.329. The van der Waals surface area contributed by atoms with Gasteiger partial charge < -0.3 is 25.2 Å². The van der Waals surface area contributed by atoms with Crippen LogP contribution in [0.2, 0.25) is 0 Å². The van der Waals surface area contributed by atoms with E-state index in [1.807, 2.05) is 0 Å². The molecule has 0 radical (unpaired) electrons. The van der Waals surface area contributed by atoms with E-state index in [0.29, 0.717) is 5.65 Å². The number of aliphatic hydroxyl groups is 1. The Balaban J connectivity index is 1.85. The van der Waals surface area contributed by atoms with Crippen LogP contribution in [-0.2, 0) is 9.09 Å². The summed E-state index contributed by atoms with van der Waals surface area (Å²) >= 11 is 0. The summed E-state index contributed by atoms with van der Waals surface area (Å²) in [6.07, 6.45) is 4.13. The fourth-order valence-corrected chi connectivity index (χ4v) is 3.01. The van der Waals surface area contributed by atoms with Crippen LogP contribution in [0.3, 0.4) is 0 Å². The standard InChI is InChI=1S/C12H16N5O6P/c13-12-15-10-9(11(19)16-12)14-5-17(10)7-2-1-6(8(18)3-7)4-23-24(20,21)22/h1-2,5-8,18H,3-4H2,(H2,20,21,22)(H3,13,15,16,19)/t6-,7-,8+/m1/s1. The molecule has 0 amide bonds. The van der Waals surface area contributed by atoms with Gasteiger partial charge in [0, 0.05) is 5.92 Å². The molecule has 0 aromatic carbocycles. The second-order valence-corrected chi connectivity index (χ2v) is 6.72. The third kappa shape index (κ3) is 3.40. The third-order valence-electron chi connectivity index (χ3n) is 3.80. The van der Waals surface area contributed by atoms with Crippen LogP contribution in [-0.4, -0.2) is 47.1 Å². The van der Waals surface area contributed by atoms with Crippen molar-refractivity contribution >= 4 is 24.9 Å². The number of H-pyrrole nitrogens is 1. The molecule has 6 N–H and O–H groups in total. The number of hydrogen-bond acceptors (Lipinski definition) is 7. The Labute approximate surface area is 135 Å². The van der Waals surface area contributed by atoms with E-state index in [1.54, 1.807) is 16.7 Å². The zero-order valence-corrected chi connectivity index (χ0v) is 13.2. The number of nitrogen functional groups attached to an aromatic ring is 1. The highest BCUT2D eigenvalue weighted by molar-refractivity contribution is 7.46. The number of aromatic amines is 1. The molecule has 12 heteroatoms. The van der Waals surface area contributed by atoms with Crippen molar-refractivity contribution in [2.45, 2.75) is 18.6 Å². The topological polar surface area (TPSA) is 177 Å². The minimum absolute atomic E-state index is 0.0393. The maximum atomic E-state index is 11.8. The number of nitrogens with one attached hydrogen (secondary N) is 1. The number of nitrogens with zero attached hydrogens (tertiary/aromatic N) is 3. The number of anilines is 1. The van der Waals surface area contributed by atoms with Gasteiger partial charge in [0.25, 0.3) is 5.56 Å². The molecule has 0 saturated heterocycles. The average Bonchev–Trinajstić information content (AvgIpc) is 2.89. The molecule has 0 fully saturated rings. The number of hydrogen-bond donors (Lipinski definition) is 5. The largest absolute Gasteiger partial charge is 0.469 e. The van der Waals surface area contributed by atoms with Gasteiger partial charge in [-0.1, -0.05) is 12.2 Å². The van der Waals surface area contributed by atoms with Crippen LogP contribution in [0.1, 0.15) is 12.5 Å². The highest BCUT2D eigenvalue weighted by atomic mass is 31.2. The summed E-state index contributed by atoms with van der Waals surface area (Å²) < 4.78 is 16.8. The van der Waals surface area contributed by atoms with Crippen LogP contribution in [0, 0.1) is 5.92 Å². The Morgan fingerprint density at radius 2 is 2.21 bits per heavy atom. The van der Waals surface area contributed by atoms with Crippen molar-refractivity contribution in [2.24, 2.45) is 5.92 Å². The first-order valence-corrected chi connectivity index (χ1v) is 8.56. The number of phosphoric acid groups is 1.